The second-order valence-electron chi connectivity index (χ2n) is 9.60. The number of carbonyl (C=O) groups is 2. The largest absolute Gasteiger partial charge is 0.323 e. The van der Waals surface area contributed by atoms with E-state index < -0.39 is 11.8 Å². The summed E-state index contributed by atoms with van der Waals surface area (Å²) in [7, 11) is 0. The summed E-state index contributed by atoms with van der Waals surface area (Å²) in [4.78, 5) is 24.8. The molecule has 0 aliphatic heterocycles. The number of benzene rings is 1. The highest BCUT2D eigenvalue weighted by atomic mass is 19.1. The van der Waals surface area contributed by atoms with Gasteiger partial charge in [-0.2, -0.15) is 0 Å². The zero-order chi connectivity index (χ0) is 25.5. The van der Waals surface area contributed by atoms with Gasteiger partial charge in [-0.05, 0) is 82.2 Å². The van der Waals surface area contributed by atoms with Crippen LogP contribution in [0.2, 0.25) is 0 Å². The Labute approximate surface area is 198 Å². The van der Waals surface area contributed by atoms with Gasteiger partial charge < -0.3 is 10.6 Å². The van der Waals surface area contributed by atoms with Crippen LogP contribution in [0.4, 0.5) is 14.9 Å². The molecule has 0 aromatic heterocycles. The lowest BCUT2D eigenvalue weighted by Crippen LogP contribution is -2.28. The van der Waals surface area contributed by atoms with Crippen LogP contribution in [0.25, 0.3) is 5.57 Å². The molecule has 180 valence electrons. The summed E-state index contributed by atoms with van der Waals surface area (Å²) in [5.74, 6) is -0.538. The van der Waals surface area contributed by atoms with Crippen LogP contribution >= 0.6 is 0 Å². The lowest BCUT2D eigenvalue weighted by Gasteiger charge is -2.20. The quantitative estimate of drug-likeness (QED) is 0.325. The molecule has 4 nitrogen and oxygen atoms in total. The predicted octanol–water partition coefficient (Wildman–Crippen LogP) is 7.87. The molecule has 0 radical (unpaired) electrons. The Morgan fingerprint density at radius 2 is 1.64 bits per heavy atom. The molecule has 0 aliphatic carbocycles. The van der Waals surface area contributed by atoms with Crippen LogP contribution in [0.1, 0.15) is 79.9 Å². The Balaban J connectivity index is 3.22. The molecule has 0 fully saturated rings. The summed E-state index contributed by atoms with van der Waals surface area (Å²) in [6.45, 7) is 19.1. The Bertz CT molecular complexity index is 1030. The molecule has 2 amide bonds. The summed E-state index contributed by atoms with van der Waals surface area (Å²) in [6, 6.07) is 2.52. The van der Waals surface area contributed by atoms with Crippen molar-refractivity contribution in [1.29, 1.82) is 0 Å². The van der Waals surface area contributed by atoms with Gasteiger partial charge in [-0.25, -0.2) is 9.18 Å². The van der Waals surface area contributed by atoms with Crippen LogP contribution in [-0.4, -0.2) is 11.8 Å². The van der Waals surface area contributed by atoms with Crippen molar-refractivity contribution in [2.45, 2.75) is 75.7 Å². The van der Waals surface area contributed by atoms with Gasteiger partial charge >= 0.3 is 6.03 Å². The first-order chi connectivity index (χ1) is 15.2. The molecule has 0 aliphatic rings. The first-order valence-corrected chi connectivity index (χ1v) is 11.3. The van der Waals surface area contributed by atoms with Gasteiger partial charge in [0.05, 0.1) is 0 Å². The van der Waals surface area contributed by atoms with E-state index in [4.69, 9.17) is 0 Å². The van der Waals surface area contributed by atoms with Gasteiger partial charge in [0.25, 0.3) is 0 Å². The van der Waals surface area contributed by atoms with Crippen molar-refractivity contribution >= 4 is 23.1 Å². The van der Waals surface area contributed by atoms with Gasteiger partial charge in [-0.3, -0.25) is 4.79 Å². The molecular weight excluding hydrogens is 415 g/mol. The molecule has 5 heteroatoms. The maximum absolute atomic E-state index is 14.6. The SMILES string of the molecule is CC/C(C)=C/C=C(\C)c1cc(NC(=O)N/C(C)=C(/C=C(\C)C(C)(C)C)C(C)=O)cc(F)c1C. The number of amides is 2. The summed E-state index contributed by atoms with van der Waals surface area (Å²) in [5, 5.41) is 5.41. The van der Waals surface area contributed by atoms with Crippen molar-refractivity contribution in [1.82, 2.24) is 5.32 Å². The number of Topliss-reactive ketones (excluding diaryl/α,β-unsaturated/α-hetero) is 1. The van der Waals surface area contributed by atoms with E-state index in [1.54, 1.807) is 19.9 Å². The van der Waals surface area contributed by atoms with E-state index in [9.17, 15) is 14.0 Å². The van der Waals surface area contributed by atoms with Crippen LogP contribution in [0.3, 0.4) is 0 Å². The van der Waals surface area contributed by atoms with E-state index in [2.05, 4.69) is 38.3 Å². The lowest BCUT2D eigenvalue weighted by atomic mass is 9.86. The second-order valence-corrected chi connectivity index (χ2v) is 9.60. The fraction of sp³-hybridized carbons (Fsp3) is 0.429. The van der Waals surface area contributed by atoms with Crippen molar-refractivity contribution < 1.29 is 14.0 Å². The maximum atomic E-state index is 14.6. The van der Waals surface area contributed by atoms with E-state index in [1.165, 1.54) is 18.6 Å². The van der Waals surface area contributed by atoms with Crippen molar-refractivity contribution in [3.8, 4) is 0 Å². The fourth-order valence-corrected chi connectivity index (χ4v) is 2.94. The molecule has 1 aromatic carbocycles. The number of urea groups is 1. The molecule has 0 spiro atoms. The number of carbonyl (C=O) groups excluding carboxylic acids is 2. The van der Waals surface area contributed by atoms with E-state index in [-0.39, 0.29) is 11.2 Å². The Kier molecular flexibility index (Phi) is 10.0. The van der Waals surface area contributed by atoms with Gasteiger partial charge in [0.1, 0.15) is 5.82 Å². The first-order valence-electron chi connectivity index (χ1n) is 11.3. The summed E-state index contributed by atoms with van der Waals surface area (Å²) < 4.78 is 14.6. The molecule has 0 heterocycles. The minimum Gasteiger partial charge on any atom is -0.311 e. The van der Waals surface area contributed by atoms with E-state index in [0.29, 0.717) is 22.5 Å². The van der Waals surface area contributed by atoms with Crippen molar-refractivity contribution in [3.63, 3.8) is 0 Å². The summed E-state index contributed by atoms with van der Waals surface area (Å²) in [5.41, 5.74) is 5.51. The molecule has 1 aromatic rings. The fourth-order valence-electron chi connectivity index (χ4n) is 2.94. The molecule has 0 unspecified atom stereocenters. The number of hydrogen-bond acceptors (Lipinski definition) is 2. The minimum absolute atomic E-state index is 0.102. The van der Waals surface area contributed by atoms with Gasteiger partial charge in [0.2, 0.25) is 0 Å². The molecule has 1 rings (SSSR count). The number of hydrogen-bond donors (Lipinski definition) is 2. The van der Waals surface area contributed by atoms with Crippen LogP contribution in [-0.2, 0) is 4.79 Å². The molecular formula is C28H39FN2O2. The Hall–Kier alpha value is -2.95. The number of allylic oxidation sites excluding steroid dienone is 8. The average molecular weight is 455 g/mol. The van der Waals surface area contributed by atoms with Crippen LogP contribution in [0.5, 0.6) is 0 Å². The third-order valence-corrected chi connectivity index (χ3v) is 5.83. The molecule has 0 bridgehead atoms. The van der Waals surface area contributed by atoms with E-state index >= 15 is 0 Å². The molecule has 0 saturated carbocycles. The van der Waals surface area contributed by atoms with Crippen LogP contribution < -0.4 is 10.6 Å². The standard InChI is InChI=1S/C28H39FN2O2/c1-11-17(2)12-13-18(3)24-15-23(16-26(29)20(24)5)31-27(33)30-21(6)25(22(7)32)14-19(4)28(8,9)10/h12-16H,11H2,1-10H3,(H2,30,31,33)/b17-12+,18-13+,19-14+,25-21-. The molecule has 0 atom stereocenters. The monoisotopic (exact) mass is 454 g/mol. The zero-order valence-electron chi connectivity index (χ0n) is 21.8. The highest BCUT2D eigenvalue weighted by molar-refractivity contribution is 5.98. The average Bonchev–Trinajstić information content (AvgIpc) is 2.70. The topological polar surface area (TPSA) is 58.2 Å². The minimum atomic E-state index is -0.536. The van der Waals surface area contributed by atoms with Crippen molar-refractivity contribution in [3.05, 3.63) is 69.7 Å². The van der Waals surface area contributed by atoms with Crippen LogP contribution in [0, 0.1) is 18.2 Å². The van der Waals surface area contributed by atoms with Crippen LogP contribution in [0.15, 0.2) is 52.8 Å². The third-order valence-electron chi connectivity index (χ3n) is 5.83. The van der Waals surface area contributed by atoms with Gasteiger partial charge in [-0.15, -0.1) is 0 Å². The normalized spacial score (nSPS) is 14.1. The van der Waals surface area contributed by atoms with E-state index in [1.807, 2.05) is 39.0 Å². The molecule has 2 N–H and O–H groups in total. The van der Waals surface area contributed by atoms with Crippen molar-refractivity contribution in [2.75, 3.05) is 5.32 Å². The first kappa shape index (κ1) is 28.1. The maximum Gasteiger partial charge on any atom is 0.323 e. The number of rotatable bonds is 7. The highest BCUT2D eigenvalue weighted by Gasteiger charge is 2.16. The summed E-state index contributed by atoms with van der Waals surface area (Å²) in [6.07, 6.45) is 6.73. The smallest absolute Gasteiger partial charge is 0.311 e. The summed E-state index contributed by atoms with van der Waals surface area (Å²) >= 11 is 0. The lowest BCUT2D eigenvalue weighted by molar-refractivity contribution is -0.113. The Morgan fingerprint density at radius 1 is 1.03 bits per heavy atom. The molecule has 0 saturated heterocycles. The van der Waals surface area contributed by atoms with Crippen molar-refractivity contribution in [2.24, 2.45) is 5.41 Å². The number of nitrogens with one attached hydrogen (secondary N) is 2. The van der Waals surface area contributed by atoms with Gasteiger partial charge in [0, 0.05) is 17.0 Å². The zero-order valence-corrected chi connectivity index (χ0v) is 21.8. The number of ketones is 1. The van der Waals surface area contributed by atoms with Gasteiger partial charge in [0.15, 0.2) is 5.78 Å². The number of halogens is 1. The predicted molar refractivity (Wildman–Crippen MR) is 138 cm³/mol. The van der Waals surface area contributed by atoms with E-state index in [0.717, 1.165) is 23.1 Å². The second kappa shape index (κ2) is 11.8. The highest BCUT2D eigenvalue weighted by Crippen LogP contribution is 2.27. The number of anilines is 1. The molecule has 33 heavy (non-hydrogen) atoms. The third kappa shape index (κ3) is 8.49. The Morgan fingerprint density at radius 3 is 2.15 bits per heavy atom. The van der Waals surface area contributed by atoms with Gasteiger partial charge in [-0.1, -0.05) is 57.1 Å².